The zero-order chi connectivity index (χ0) is 13.8. The first kappa shape index (κ1) is 14.2. The number of furan rings is 1. The molecule has 102 valence electrons. The fourth-order valence-corrected chi connectivity index (χ4v) is 2.70. The van der Waals surface area contributed by atoms with Crippen molar-refractivity contribution in [1.29, 1.82) is 0 Å². The number of rotatable bonds is 5. The van der Waals surface area contributed by atoms with Crippen LogP contribution in [-0.4, -0.2) is 6.04 Å². The Labute approximate surface area is 117 Å². The fraction of sp³-hybridized carbons (Fsp3) is 0.333. The maximum atomic E-state index is 14.0. The number of halogens is 1. The Hall–Kier alpha value is -1.26. The first-order chi connectivity index (χ1) is 9.08. The van der Waals surface area contributed by atoms with Gasteiger partial charge in [0.05, 0.1) is 11.2 Å². The molecule has 1 heterocycles. The quantitative estimate of drug-likeness (QED) is 0.879. The van der Waals surface area contributed by atoms with Crippen molar-refractivity contribution in [3.05, 3.63) is 47.7 Å². The Balaban J connectivity index is 2.24. The summed E-state index contributed by atoms with van der Waals surface area (Å²) in [5.41, 5.74) is 0.710. The Bertz CT molecular complexity index is 551. The summed E-state index contributed by atoms with van der Waals surface area (Å²) in [7, 11) is 0. The minimum absolute atomic E-state index is 0.167. The average Bonchev–Trinajstić information content (AvgIpc) is 2.74. The van der Waals surface area contributed by atoms with E-state index in [9.17, 15) is 4.39 Å². The van der Waals surface area contributed by atoms with E-state index in [1.54, 1.807) is 12.3 Å². The molecular formula is C15H18FNOS. The molecule has 1 aromatic heterocycles. The summed E-state index contributed by atoms with van der Waals surface area (Å²) in [4.78, 5) is 1.95. The molecule has 0 spiro atoms. The van der Waals surface area contributed by atoms with Gasteiger partial charge >= 0.3 is 0 Å². The highest BCUT2D eigenvalue weighted by Gasteiger charge is 2.12. The van der Waals surface area contributed by atoms with E-state index in [1.165, 1.54) is 17.8 Å². The third kappa shape index (κ3) is 3.61. The van der Waals surface area contributed by atoms with Crippen LogP contribution in [0.25, 0.3) is 0 Å². The molecule has 0 aliphatic heterocycles. The molecule has 2 rings (SSSR count). The second-order valence-electron chi connectivity index (χ2n) is 4.70. The van der Waals surface area contributed by atoms with Crippen LogP contribution in [0.3, 0.4) is 0 Å². The van der Waals surface area contributed by atoms with Crippen molar-refractivity contribution in [2.45, 2.75) is 43.1 Å². The summed E-state index contributed by atoms with van der Waals surface area (Å²) in [6.07, 6.45) is 1.66. The van der Waals surface area contributed by atoms with Gasteiger partial charge in [0.25, 0.3) is 0 Å². The number of hydrogen-bond acceptors (Lipinski definition) is 3. The minimum Gasteiger partial charge on any atom is -0.468 e. The monoisotopic (exact) mass is 279 g/mol. The van der Waals surface area contributed by atoms with Gasteiger partial charge in [-0.15, -0.1) is 0 Å². The molecule has 2 nitrogen and oxygen atoms in total. The van der Waals surface area contributed by atoms with Gasteiger partial charge in [-0.25, -0.2) is 4.39 Å². The fourth-order valence-electron chi connectivity index (χ4n) is 1.71. The van der Waals surface area contributed by atoms with Gasteiger partial charge < -0.3 is 9.73 Å². The average molecular weight is 279 g/mol. The minimum atomic E-state index is -0.167. The molecule has 1 aromatic carbocycles. The number of benzene rings is 1. The predicted octanol–water partition coefficient (Wildman–Crippen LogP) is 4.38. The van der Waals surface area contributed by atoms with Crippen LogP contribution in [0.2, 0.25) is 0 Å². The van der Waals surface area contributed by atoms with Crippen molar-refractivity contribution in [2.24, 2.45) is 0 Å². The van der Waals surface area contributed by atoms with Crippen molar-refractivity contribution in [3.8, 4) is 0 Å². The Morgan fingerprint density at radius 2 is 2.05 bits per heavy atom. The molecule has 0 aliphatic rings. The van der Waals surface area contributed by atoms with Crippen LogP contribution in [0, 0.1) is 12.7 Å². The predicted molar refractivity (Wildman–Crippen MR) is 75.9 cm³/mol. The van der Waals surface area contributed by atoms with Gasteiger partial charge in [0.2, 0.25) is 0 Å². The lowest BCUT2D eigenvalue weighted by molar-refractivity contribution is 0.526. The van der Waals surface area contributed by atoms with E-state index in [0.29, 0.717) is 18.2 Å². The van der Waals surface area contributed by atoms with Crippen LogP contribution in [0.15, 0.2) is 44.7 Å². The molecule has 0 aliphatic carbocycles. The van der Waals surface area contributed by atoms with Gasteiger partial charge in [-0.3, -0.25) is 0 Å². The van der Waals surface area contributed by atoms with E-state index in [2.05, 4.69) is 5.32 Å². The molecule has 1 N–H and O–H groups in total. The van der Waals surface area contributed by atoms with Crippen molar-refractivity contribution in [2.75, 3.05) is 0 Å². The summed E-state index contributed by atoms with van der Waals surface area (Å²) in [5, 5.41) is 3.26. The van der Waals surface area contributed by atoms with Gasteiger partial charge in [0.15, 0.2) is 0 Å². The zero-order valence-electron chi connectivity index (χ0n) is 11.4. The van der Waals surface area contributed by atoms with Gasteiger partial charge in [-0.05, 0) is 25.1 Å². The molecule has 19 heavy (non-hydrogen) atoms. The van der Waals surface area contributed by atoms with Crippen molar-refractivity contribution < 1.29 is 8.81 Å². The molecule has 0 bridgehead atoms. The number of hydrogen-bond donors (Lipinski definition) is 1. The van der Waals surface area contributed by atoms with E-state index in [0.717, 1.165) is 15.6 Å². The molecule has 2 aromatic rings. The van der Waals surface area contributed by atoms with Gasteiger partial charge in [0.1, 0.15) is 11.6 Å². The van der Waals surface area contributed by atoms with Crippen LogP contribution < -0.4 is 5.32 Å². The first-order valence-electron chi connectivity index (χ1n) is 6.30. The molecule has 0 radical (unpaired) electrons. The second-order valence-corrected chi connectivity index (χ2v) is 5.78. The Morgan fingerprint density at radius 1 is 1.26 bits per heavy atom. The lowest BCUT2D eigenvalue weighted by Gasteiger charge is -2.13. The van der Waals surface area contributed by atoms with Crippen molar-refractivity contribution in [1.82, 2.24) is 5.32 Å². The van der Waals surface area contributed by atoms with Crippen LogP contribution in [0.1, 0.15) is 25.2 Å². The SMILES string of the molecule is Cc1occc1Sc1cccc(F)c1CNC(C)C. The smallest absolute Gasteiger partial charge is 0.128 e. The largest absolute Gasteiger partial charge is 0.468 e. The first-order valence-corrected chi connectivity index (χ1v) is 7.12. The number of aryl methyl sites for hydroxylation is 1. The third-order valence-corrected chi connectivity index (χ3v) is 4.04. The highest BCUT2D eigenvalue weighted by atomic mass is 32.2. The summed E-state index contributed by atoms with van der Waals surface area (Å²) >= 11 is 1.54. The molecule has 0 saturated carbocycles. The van der Waals surface area contributed by atoms with E-state index in [4.69, 9.17) is 4.42 Å². The van der Waals surface area contributed by atoms with E-state index in [-0.39, 0.29) is 5.82 Å². The van der Waals surface area contributed by atoms with Gasteiger partial charge in [0, 0.05) is 23.0 Å². The lowest BCUT2D eigenvalue weighted by Crippen LogP contribution is -2.22. The Morgan fingerprint density at radius 3 is 2.68 bits per heavy atom. The summed E-state index contributed by atoms with van der Waals surface area (Å²) in [6.45, 7) is 6.54. The van der Waals surface area contributed by atoms with E-state index >= 15 is 0 Å². The standard InChI is InChI=1S/C15H18FNOS/c1-10(2)17-9-12-13(16)5-4-6-15(12)19-14-7-8-18-11(14)3/h4-8,10,17H,9H2,1-3H3. The van der Waals surface area contributed by atoms with Gasteiger partial charge in [-0.2, -0.15) is 0 Å². The van der Waals surface area contributed by atoms with Crippen LogP contribution in [-0.2, 0) is 6.54 Å². The van der Waals surface area contributed by atoms with Crippen LogP contribution in [0.5, 0.6) is 0 Å². The molecule has 0 unspecified atom stereocenters. The van der Waals surface area contributed by atoms with E-state index in [1.807, 2.05) is 32.9 Å². The molecule has 0 fully saturated rings. The normalized spacial score (nSPS) is 11.2. The van der Waals surface area contributed by atoms with E-state index < -0.39 is 0 Å². The zero-order valence-corrected chi connectivity index (χ0v) is 12.2. The highest BCUT2D eigenvalue weighted by Crippen LogP contribution is 2.34. The topological polar surface area (TPSA) is 25.2 Å². The number of nitrogens with one attached hydrogen (secondary N) is 1. The van der Waals surface area contributed by atoms with Gasteiger partial charge in [-0.1, -0.05) is 31.7 Å². The third-order valence-electron chi connectivity index (χ3n) is 2.79. The molecule has 4 heteroatoms. The molecule has 0 saturated heterocycles. The Kier molecular flexibility index (Phi) is 4.66. The van der Waals surface area contributed by atoms with Crippen LogP contribution >= 0.6 is 11.8 Å². The van der Waals surface area contributed by atoms with Crippen LogP contribution in [0.4, 0.5) is 4.39 Å². The van der Waals surface area contributed by atoms with Crippen molar-refractivity contribution in [3.63, 3.8) is 0 Å². The van der Waals surface area contributed by atoms with Crippen molar-refractivity contribution >= 4 is 11.8 Å². The molecule has 0 atom stereocenters. The summed E-state index contributed by atoms with van der Waals surface area (Å²) in [5.74, 6) is 0.691. The lowest BCUT2D eigenvalue weighted by atomic mass is 10.2. The molecule has 0 amide bonds. The maximum Gasteiger partial charge on any atom is 0.128 e. The highest BCUT2D eigenvalue weighted by molar-refractivity contribution is 7.99. The summed E-state index contributed by atoms with van der Waals surface area (Å²) < 4.78 is 19.2. The molecular weight excluding hydrogens is 261 g/mol. The maximum absolute atomic E-state index is 14.0. The summed E-state index contributed by atoms with van der Waals surface area (Å²) in [6, 6.07) is 7.42. The second kappa shape index (κ2) is 6.26.